The number of carbonyl (C=O) groups is 1. The van der Waals surface area contributed by atoms with E-state index in [1.807, 2.05) is 44.2 Å². The highest BCUT2D eigenvalue weighted by atomic mass is 16.5. The van der Waals surface area contributed by atoms with E-state index in [1.165, 1.54) is 6.08 Å². The van der Waals surface area contributed by atoms with E-state index >= 15 is 0 Å². The van der Waals surface area contributed by atoms with E-state index in [1.54, 1.807) is 26.5 Å². The van der Waals surface area contributed by atoms with Crippen LogP contribution in [-0.2, 0) is 4.79 Å². The molecule has 0 aliphatic heterocycles. The summed E-state index contributed by atoms with van der Waals surface area (Å²) in [4.78, 5) is 24.4. The number of pyridine rings is 1. The Morgan fingerprint density at radius 1 is 1.00 bits per heavy atom. The van der Waals surface area contributed by atoms with Gasteiger partial charge in [-0.15, -0.1) is 0 Å². The van der Waals surface area contributed by atoms with Crippen LogP contribution in [0.5, 0.6) is 11.5 Å². The third-order valence-corrected chi connectivity index (χ3v) is 4.14. The fraction of sp³-hybridized carbons (Fsp3) is 0.182. The van der Waals surface area contributed by atoms with Gasteiger partial charge in [-0.25, -0.2) is 4.79 Å². The van der Waals surface area contributed by atoms with Crippen molar-refractivity contribution < 1.29 is 19.4 Å². The molecule has 2 N–H and O–H groups in total. The zero-order valence-corrected chi connectivity index (χ0v) is 16.3. The molecule has 28 heavy (non-hydrogen) atoms. The molecular weight excluding hydrogens is 358 g/mol. The summed E-state index contributed by atoms with van der Waals surface area (Å²) in [6.07, 6.45) is 4.27. The number of aliphatic carboxylic acids is 1. The summed E-state index contributed by atoms with van der Waals surface area (Å²) in [6, 6.07) is 11.1. The molecule has 1 heterocycles. The average Bonchev–Trinajstić information content (AvgIpc) is 2.68. The molecule has 0 fully saturated rings. The van der Waals surface area contributed by atoms with Crippen LogP contribution >= 0.6 is 0 Å². The van der Waals surface area contributed by atoms with E-state index in [0.29, 0.717) is 5.39 Å². The lowest BCUT2D eigenvalue weighted by molar-refractivity contribution is -0.131. The van der Waals surface area contributed by atoms with Crippen molar-refractivity contribution in [1.82, 2.24) is 4.98 Å². The highest BCUT2D eigenvalue weighted by molar-refractivity contribution is 5.85. The number of ether oxygens (including phenoxy) is 2. The van der Waals surface area contributed by atoms with Crippen LogP contribution < -0.4 is 15.0 Å². The Balaban J connectivity index is 0.000000200. The number of methoxy groups -OCH3 is 2. The number of aryl methyl sites for hydroxylation is 2. The third-order valence-electron chi connectivity index (χ3n) is 4.14. The molecule has 6 heteroatoms. The largest absolute Gasteiger partial charge is 0.496 e. The third kappa shape index (κ3) is 5.23. The molecule has 6 nitrogen and oxygen atoms in total. The molecule has 0 saturated heterocycles. The molecule has 3 aromatic rings. The quantitative estimate of drug-likeness (QED) is 0.668. The average molecular weight is 381 g/mol. The maximum absolute atomic E-state index is 11.4. The van der Waals surface area contributed by atoms with Crippen molar-refractivity contribution in [2.24, 2.45) is 0 Å². The number of aromatic nitrogens is 1. The number of aromatic amines is 1. The number of hydrogen-bond donors (Lipinski definition) is 2. The van der Waals surface area contributed by atoms with Crippen LogP contribution in [-0.4, -0.2) is 30.3 Å². The van der Waals surface area contributed by atoms with E-state index in [9.17, 15) is 9.59 Å². The normalized spacial score (nSPS) is 10.4. The summed E-state index contributed by atoms with van der Waals surface area (Å²) in [7, 11) is 3.22. The SMILES string of the molecule is COc1cc(/C=C/C(=O)O)ccc1C.COc1cc2cc[nH]c(=O)c2cc1C. The van der Waals surface area contributed by atoms with Gasteiger partial charge < -0.3 is 19.6 Å². The van der Waals surface area contributed by atoms with Gasteiger partial charge in [0, 0.05) is 17.7 Å². The summed E-state index contributed by atoms with van der Waals surface area (Å²) >= 11 is 0. The highest BCUT2D eigenvalue weighted by Gasteiger charge is 2.03. The van der Waals surface area contributed by atoms with Crippen molar-refractivity contribution in [2.75, 3.05) is 14.2 Å². The number of carboxylic acids is 1. The predicted molar refractivity (Wildman–Crippen MR) is 110 cm³/mol. The minimum absolute atomic E-state index is 0.0618. The second-order valence-corrected chi connectivity index (χ2v) is 6.12. The van der Waals surface area contributed by atoms with Gasteiger partial charge in [-0.2, -0.15) is 0 Å². The van der Waals surface area contributed by atoms with Crippen LogP contribution in [0.2, 0.25) is 0 Å². The Morgan fingerprint density at radius 3 is 2.32 bits per heavy atom. The Bertz CT molecular complexity index is 1070. The lowest BCUT2D eigenvalue weighted by atomic mass is 10.1. The van der Waals surface area contributed by atoms with Gasteiger partial charge in [-0.05, 0) is 66.3 Å². The molecule has 0 radical (unpaired) electrons. The van der Waals surface area contributed by atoms with E-state index in [-0.39, 0.29) is 5.56 Å². The van der Waals surface area contributed by atoms with Crippen LogP contribution in [0.4, 0.5) is 0 Å². The zero-order valence-electron chi connectivity index (χ0n) is 16.3. The maximum atomic E-state index is 11.4. The summed E-state index contributed by atoms with van der Waals surface area (Å²) in [5.74, 6) is 0.616. The smallest absolute Gasteiger partial charge is 0.328 e. The van der Waals surface area contributed by atoms with Crippen LogP contribution in [0.3, 0.4) is 0 Å². The predicted octanol–water partition coefficient (Wildman–Crippen LogP) is 3.95. The molecule has 0 aliphatic carbocycles. The molecule has 3 rings (SSSR count). The lowest BCUT2D eigenvalue weighted by Gasteiger charge is -2.05. The molecule has 0 bridgehead atoms. The van der Waals surface area contributed by atoms with Crippen LogP contribution in [0, 0.1) is 13.8 Å². The lowest BCUT2D eigenvalue weighted by Crippen LogP contribution is -2.04. The second-order valence-electron chi connectivity index (χ2n) is 6.12. The molecule has 0 spiro atoms. The summed E-state index contributed by atoms with van der Waals surface area (Å²) in [5, 5.41) is 10.0. The molecule has 0 atom stereocenters. The highest BCUT2D eigenvalue weighted by Crippen LogP contribution is 2.22. The van der Waals surface area contributed by atoms with E-state index in [4.69, 9.17) is 14.6 Å². The number of carboxylic acid groups (broad SMARTS) is 1. The molecule has 0 aliphatic rings. The summed E-state index contributed by atoms with van der Waals surface area (Å²) in [6.45, 7) is 3.86. The van der Waals surface area contributed by atoms with Crippen LogP contribution in [0.25, 0.3) is 16.8 Å². The number of nitrogens with one attached hydrogen (secondary N) is 1. The van der Waals surface area contributed by atoms with Gasteiger partial charge in [0.2, 0.25) is 0 Å². The zero-order chi connectivity index (χ0) is 20.7. The molecule has 0 amide bonds. The topological polar surface area (TPSA) is 88.6 Å². The van der Waals surface area contributed by atoms with Crippen LogP contribution in [0.15, 0.2) is 53.5 Å². The van der Waals surface area contributed by atoms with Crippen molar-refractivity contribution in [3.63, 3.8) is 0 Å². The first kappa shape index (κ1) is 20.8. The van der Waals surface area contributed by atoms with Gasteiger partial charge in [-0.1, -0.05) is 12.1 Å². The minimum atomic E-state index is -0.954. The first-order valence-corrected chi connectivity index (χ1v) is 8.57. The Morgan fingerprint density at radius 2 is 1.68 bits per heavy atom. The molecule has 2 aromatic carbocycles. The molecular formula is C22H23NO5. The van der Waals surface area contributed by atoms with Gasteiger partial charge in [0.1, 0.15) is 11.5 Å². The first-order chi connectivity index (χ1) is 13.3. The number of fused-ring (bicyclic) bond motifs is 1. The first-order valence-electron chi connectivity index (χ1n) is 8.57. The van der Waals surface area contributed by atoms with Gasteiger partial charge in [0.15, 0.2) is 0 Å². The van der Waals surface area contributed by atoms with Crippen LogP contribution in [0.1, 0.15) is 16.7 Å². The Kier molecular flexibility index (Phi) is 6.98. The number of H-pyrrole nitrogens is 1. The fourth-order valence-electron chi connectivity index (χ4n) is 2.65. The Hall–Kier alpha value is -3.54. The molecule has 0 saturated carbocycles. The monoisotopic (exact) mass is 381 g/mol. The van der Waals surface area contributed by atoms with Crippen molar-refractivity contribution in [3.05, 3.63) is 75.7 Å². The van der Waals surface area contributed by atoms with Gasteiger partial charge in [0.05, 0.1) is 14.2 Å². The van der Waals surface area contributed by atoms with Gasteiger partial charge in [-0.3, -0.25) is 4.79 Å². The fourth-order valence-corrected chi connectivity index (χ4v) is 2.65. The standard InChI is InChI=1S/C11H11NO2.C11H12O3/c1-7-5-9-8(6-10(7)14-2)3-4-12-11(9)13;1-8-3-4-9(5-6-11(12)13)7-10(8)14-2/h3-6H,1-2H3,(H,12,13);3-7H,1-2H3,(H,12,13)/b;6-5+. The maximum Gasteiger partial charge on any atom is 0.328 e. The van der Waals surface area contributed by atoms with E-state index < -0.39 is 5.97 Å². The number of rotatable bonds is 4. The van der Waals surface area contributed by atoms with E-state index in [0.717, 1.165) is 39.7 Å². The van der Waals surface area contributed by atoms with Crippen molar-refractivity contribution in [1.29, 1.82) is 0 Å². The molecule has 1 aromatic heterocycles. The summed E-state index contributed by atoms with van der Waals surface area (Å²) < 4.78 is 10.3. The van der Waals surface area contributed by atoms with Gasteiger partial charge >= 0.3 is 5.97 Å². The summed E-state index contributed by atoms with van der Waals surface area (Å²) in [5.41, 5.74) is 2.75. The van der Waals surface area contributed by atoms with Crippen molar-refractivity contribution in [2.45, 2.75) is 13.8 Å². The van der Waals surface area contributed by atoms with E-state index in [2.05, 4.69) is 4.98 Å². The minimum Gasteiger partial charge on any atom is -0.496 e. The Labute approximate surface area is 163 Å². The number of hydrogen-bond acceptors (Lipinski definition) is 4. The van der Waals surface area contributed by atoms with Crippen molar-refractivity contribution in [3.8, 4) is 11.5 Å². The molecule has 0 unspecified atom stereocenters. The van der Waals surface area contributed by atoms with Crippen molar-refractivity contribution >= 4 is 22.8 Å². The number of benzene rings is 2. The van der Waals surface area contributed by atoms with Gasteiger partial charge in [0.25, 0.3) is 5.56 Å². The second kappa shape index (κ2) is 9.41. The molecule has 146 valence electrons.